The molecule has 3 aromatic rings. The molecule has 0 aliphatic carbocycles. The first-order valence-electron chi connectivity index (χ1n) is 9.25. The van der Waals surface area contributed by atoms with Crippen molar-refractivity contribution in [2.75, 3.05) is 18.4 Å². The standard InChI is InChI=1S/C21H24N4OS/c1-14-4-6-17(7-5-14)25-20(12-15(2)23-25)22-21(26)13-24-10-8-19-18(16(24)3)9-11-27-19/h4-7,9,11-12,16H,8,10,13H2,1-3H3,(H,22,26). The Morgan fingerprint density at radius 2 is 2.04 bits per heavy atom. The van der Waals surface area contributed by atoms with Crippen molar-refractivity contribution in [3.05, 3.63) is 63.5 Å². The van der Waals surface area contributed by atoms with Gasteiger partial charge < -0.3 is 5.32 Å². The van der Waals surface area contributed by atoms with Crippen molar-refractivity contribution in [2.24, 2.45) is 0 Å². The van der Waals surface area contributed by atoms with Crippen molar-refractivity contribution in [1.29, 1.82) is 0 Å². The number of carbonyl (C=O) groups excluding carboxylic acids is 1. The Kier molecular flexibility index (Phi) is 4.85. The molecular formula is C21H24N4OS. The molecule has 1 aliphatic rings. The number of hydrogen-bond acceptors (Lipinski definition) is 4. The van der Waals surface area contributed by atoms with Crippen LogP contribution in [0, 0.1) is 13.8 Å². The number of rotatable bonds is 4. The van der Waals surface area contributed by atoms with Crippen LogP contribution in [-0.2, 0) is 11.2 Å². The molecule has 0 bridgehead atoms. The molecule has 1 unspecified atom stereocenters. The highest BCUT2D eigenvalue weighted by Gasteiger charge is 2.26. The third-order valence-electron chi connectivity index (χ3n) is 5.13. The van der Waals surface area contributed by atoms with E-state index in [9.17, 15) is 4.79 Å². The summed E-state index contributed by atoms with van der Waals surface area (Å²) < 4.78 is 1.79. The van der Waals surface area contributed by atoms with Crippen LogP contribution in [0.1, 0.15) is 34.7 Å². The molecule has 140 valence electrons. The van der Waals surface area contributed by atoms with Crippen LogP contribution in [0.3, 0.4) is 0 Å². The van der Waals surface area contributed by atoms with Crippen LogP contribution in [0.4, 0.5) is 5.82 Å². The van der Waals surface area contributed by atoms with E-state index < -0.39 is 0 Å². The van der Waals surface area contributed by atoms with Crippen molar-refractivity contribution in [2.45, 2.75) is 33.2 Å². The highest BCUT2D eigenvalue weighted by atomic mass is 32.1. The molecular weight excluding hydrogens is 356 g/mol. The van der Waals surface area contributed by atoms with Crippen molar-refractivity contribution < 1.29 is 4.79 Å². The van der Waals surface area contributed by atoms with Gasteiger partial charge in [-0.3, -0.25) is 9.69 Å². The van der Waals surface area contributed by atoms with Gasteiger partial charge in [0.2, 0.25) is 5.91 Å². The fraction of sp³-hybridized carbons (Fsp3) is 0.333. The first-order chi connectivity index (χ1) is 13.0. The lowest BCUT2D eigenvalue weighted by Crippen LogP contribution is -2.39. The van der Waals surface area contributed by atoms with Gasteiger partial charge in [0.25, 0.3) is 0 Å². The van der Waals surface area contributed by atoms with E-state index in [1.807, 2.05) is 48.6 Å². The van der Waals surface area contributed by atoms with Gasteiger partial charge in [-0.25, -0.2) is 4.68 Å². The largest absolute Gasteiger partial charge is 0.309 e. The molecule has 1 amide bonds. The van der Waals surface area contributed by atoms with Crippen LogP contribution >= 0.6 is 11.3 Å². The second kappa shape index (κ2) is 7.29. The first kappa shape index (κ1) is 17.9. The van der Waals surface area contributed by atoms with E-state index in [1.54, 1.807) is 4.68 Å². The Bertz CT molecular complexity index is 957. The van der Waals surface area contributed by atoms with E-state index in [1.165, 1.54) is 16.0 Å². The molecule has 0 saturated carbocycles. The molecule has 0 saturated heterocycles. The fourth-order valence-corrected chi connectivity index (χ4v) is 4.58. The van der Waals surface area contributed by atoms with Crippen molar-refractivity contribution in [3.63, 3.8) is 0 Å². The number of amides is 1. The van der Waals surface area contributed by atoms with Crippen LogP contribution in [0.25, 0.3) is 5.69 Å². The van der Waals surface area contributed by atoms with Gasteiger partial charge in [0.05, 0.1) is 17.9 Å². The fourth-order valence-electron chi connectivity index (χ4n) is 3.62. The summed E-state index contributed by atoms with van der Waals surface area (Å²) in [6.45, 7) is 7.47. The molecule has 5 nitrogen and oxygen atoms in total. The molecule has 1 N–H and O–H groups in total. The normalized spacial score (nSPS) is 16.9. The molecule has 4 rings (SSSR count). The highest BCUT2D eigenvalue weighted by molar-refractivity contribution is 7.10. The van der Waals surface area contributed by atoms with Gasteiger partial charge >= 0.3 is 0 Å². The molecule has 1 aliphatic heterocycles. The summed E-state index contributed by atoms with van der Waals surface area (Å²) in [6, 6.07) is 12.5. The minimum Gasteiger partial charge on any atom is -0.309 e. The maximum absolute atomic E-state index is 12.7. The number of aromatic nitrogens is 2. The average molecular weight is 381 g/mol. The molecule has 1 aromatic carbocycles. The SMILES string of the molecule is Cc1ccc(-n2nc(C)cc2NC(=O)CN2CCc3sccc3C2C)cc1. The van der Waals surface area contributed by atoms with E-state index in [4.69, 9.17) is 0 Å². The topological polar surface area (TPSA) is 50.2 Å². The Hall–Kier alpha value is -2.44. The lowest BCUT2D eigenvalue weighted by atomic mass is 10.0. The van der Waals surface area contributed by atoms with Gasteiger partial charge in [-0.2, -0.15) is 5.10 Å². The predicted molar refractivity (Wildman–Crippen MR) is 110 cm³/mol. The number of fused-ring (bicyclic) bond motifs is 1. The summed E-state index contributed by atoms with van der Waals surface area (Å²) in [5, 5.41) is 9.74. The Morgan fingerprint density at radius 3 is 2.81 bits per heavy atom. The van der Waals surface area contributed by atoms with E-state index in [0.29, 0.717) is 12.4 Å². The lowest BCUT2D eigenvalue weighted by molar-refractivity contribution is -0.118. The number of nitrogens with zero attached hydrogens (tertiary/aromatic N) is 3. The summed E-state index contributed by atoms with van der Waals surface area (Å²) in [5.41, 5.74) is 4.37. The van der Waals surface area contributed by atoms with Gasteiger partial charge in [-0.05, 0) is 56.3 Å². The third-order valence-corrected chi connectivity index (χ3v) is 6.12. The van der Waals surface area contributed by atoms with Crippen molar-refractivity contribution in [1.82, 2.24) is 14.7 Å². The van der Waals surface area contributed by atoms with Crippen LogP contribution in [0.2, 0.25) is 0 Å². The third kappa shape index (κ3) is 3.68. The minimum atomic E-state index is -0.00575. The van der Waals surface area contributed by atoms with E-state index in [0.717, 1.165) is 24.3 Å². The van der Waals surface area contributed by atoms with Gasteiger partial charge in [-0.15, -0.1) is 11.3 Å². The number of thiophene rings is 1. The number of carbonyl (C=O) groups is 1. The number of nitrogens with one attached hydrogen (secondary N) is 1. The van der Waals surface area contributed by atoms with Gasteiger partial charge in [0.1, 0.15) is 5.82 Å². The lowest BCUT2D eigenvalue weighted by Gasteiger charge is -2.32. The second-order valence-electron chi connectivity index (χ2n) is 7.16. The monoisotopic (exact) mass is 380 g/mol. The van der Waals surface area contributed by atoms with Crippen molar-refractivity contribution in [3.8, 4) is 5.69 Å². The predicted octanol–water partition coefficient (Wildman–Crippen LogP) is 4.11. The molecule has 3 heterocycles. The zero-order chi connectivity index (χ0) is 19.0. The number of aryl methyl sites for hydroxylation is 2. The molecule has 0 radical (unpaired) electrons. The second-order valence-corrected chi connectivity index (χ2v) is 8.16. The van der Waals surface area contributed by atoms with Crippen molar-refractivity contribution >= 4 is 23.1 Å². The van der Waals surface area contributed by atoms with Crippen LogP contribution in [0.15, 0.2) is 41.8 Å². The van der Waals surface area contributed by atoms with Crippen LogP contribution in [-0.4, -0.2) is 33.7 Å². The summed E-state index contributed by atoms with van der Waals surface area (Å²) >= 11 is 1.82. The maximum atomic E-state index is 12.7. The van der Waals surface area contributed by atoms with E-state index >= 15 is 0 Å². The minimum absolute atomic E-state index is 0.00575. The van der Waals surface area contributed by atoms with Crippen LogP contribution in [0.5, 0.6) is 0 Å². The number of anilines is 1. The highest BCUT2D eigenvalue weighted by Crippen LogP contribution is 2.32. The zero-order valence-corrected chi connectivity index (χ0v) is 16.7. The smallest absolute Gasteiger partial charge is 0.239 e. The van der Waals surface area contributed by atoms with Gasteiger partial charge in [0, 0.05) is 23.5 Å². The summed E-state index contributed by atoms with van der Waals surface area (Å²) in [6.07, 6.45) is 1.02. The van der Waals surface area contributed by atoms with Crippen LogP contribution < -0.4 is 5.32 Å². The Balaban J connectivity index is 1.48. The Morgan fingerprint density at radius 1 is 1.26 bits per heavy atom. The molecule has 1 atom stereocenters. The first-order valence-corrected chi connectivity index (χ1v) is 10.1. The average Bonchev–Trinajstić information content (AvgIpc) is 3.25. The van der Waals surface area contributed by atoms with Gasteiger partial charge in [0.15, 0.2) is 0 Å². The summed E-state index contributed by atoms with van der Waals surface area (Å²) in [4.78, 5) is 16.4. The molecule has 27 heavy (non-hydrogen) atoms. The molecule has 0 spiro atoms. The molecule has 0 fully saturated rings. The number of benzene rings is 1. The summed E-state index contributed by atoms with van der Waals surface area (Å²) in [5.74, 6) is 0.705. The summed E-state index contributed by atoms with van der Waals surface area (Å²) in [7, 11) is 0. The van der Waals surface area contributed by atoms with E-state index in [2.05, 4.69) is 40.6 Å². The molecule has 6 heteroatoms. The zero-order valence-electron chi connectivity index (χ0n) is 15.9. The Labute approximate surface area is 163 Å². The maximum Gasteiger partial charge on any atom is 0.239 e. The quantitative estimate of drug-likeness (QED) is 0.741. The number of hydrogen-bond donors (Lipinski definition) is 1. The van der Waals surface area contributed by atoms with Gasteiger partial charge in [-0.1, -0.05) is 17.7 Å². The van der Waals surface area contributed by atoms with E-state index in [-0.39, 0.29) is 11.9 Å². The molecule has 2 aromatic heterocycles.